The molecule has 0 radical (unpaired) electrons. The lowest BCUT2D eigenvalue weighted by Crippen LogP contribution is -2.10. The number of aromatic nitrogens is 1. The molecule has 0 unspecified atom stereocenters. The summed E-state index contributed by atoms with van der Waals surface area (Å²) in [4.78, 5) is 6.96. The van der Waals surface area contributed by atoms with Gasteiger partial charge in [0.05, 0.1) is 5.69 Å². The molecule has 45 heavy (non-hydrogen) atoms. The molecular weight excluding hydrogens is 569 g/mol. The highest BCUT2D eigenvalue weighted by Gasteiger charge is 2.19. The number of thiophene rings is 1. The fraction of sp³-hybridized carbons (Fsp3) is 0. The number of rotatable bonds is 5. The Morgan fingerprint density at radius 1 is 0.489 bits per heavy atom. The molecule has 0 atom stereocenters. The van der Waals surface area contributed by atoms with Crippen molar-refractivity contribution in [3.63, 3.8) is 0 Å². The Kier molecular flexibility index (Phi) is 6.00. The zero-order chi connectivity index (χ0) is 29.7. The average molecular weight is 595 g/mol. The second kappa shape index (κ2) is 10.5. The molecule has 0 spiro atoms. The molecule has 0 amide bonds. The molecule has 3 nitrogen and oxygen atoms in total. The number of hydrogen-bond acceptors (Lipinski definition) is 4. The van der Waals surface area contributed by atoms with Crippen molar-refractivity contribution in [1.29, 1.82) is 0 Å². The van der Waals surface area contributed by atoms with Gasteiger partial charge in [0.2, 0.25) is 0 Å². The van der Waals surface area contributed by atoms with E-state index >= 15 is 0 Å². The van der Waals surface area contributed by atoms with Crippen LogP contribution in [-0.2, 0) is 0 Å². The van der Waals surface area contributed by atoms with Crippen molar-refractivity contribution in [2.24, 2.45) is 0 Å². The molecular formula is C41H26N2OS. The maximum atomic E-state index is 6.02. The van der Waals surface area contributed by atoms with Gasteiger partial charge < -0.3 is 9.32 Å². The minimum atomic E-state index is 0.809. The monoisotopic (exact) mass is 594 g/mol. The Bertz CT molecular complexity index is 2480. The third-order valence-corrected chi connectivity index (χ3v) is 9.67. The molecule has 0 N–H and O–H groups in total. The smallest absolute Gasteiger partial charge is 0.153 e. The summed E-state index contributed by atoms with van der Waals surface area (Å²) in [5.41, 5.74) is 10.6. The molecule has 0 fully saturated rings. The summed E-state index contributed by atoms with van der Waals surface area (Å²) in [6.45, 7) is 0. The van der Waals surface area contributed by atoms with Gasteiger partial charge in [-0.05, 0) is 89.0 Å². The van der Waals surface area contributed by atoms with E-state index in [9.17, 15) is 0 Å². The van der Waals surface area contributed by atoms with Gasteiger partial charge in [-0.2, -0.15) is 0 Å². The molecule has 0 saturated heterocycles. The normalized spacial score (nSPS) is 11.6. The van der Waals surface area contributed by atoms with Gasteiger partial charge >= 0.3 is 0 Å². The van der Waals surface area contributed by atoms with Crippen LogP contribution in [-0.4, -0.2) is 4.98 Å². The zero-order valence-corrected chi connectivity index (χ0v) is 25.0. The number of nitrogens with zero attached hydrogens (tertiary/aromatic N) is 2. The van der Waals surface area contributed by atoms with E-state index in [-0.39, 0.29) is 0 Å². The van der Waals surface area contributed by atoms with Crippen molar-refractivity contribution in [3.8, 4) is 22.3 Å². The van der Waals surface area contributed by atoms with Crippen LogP contribution in [0, 0.1) is 0 Å². The Morgan fingerprint density at radius 2 is 1.16 bits per heavy atom. The maximum absolute atomic E-state index is 6.02. The van der Waals surface area contributed by atoms with Crippen LogP contribution in [0.25, 0.3) is 64.5 Å². The quantitative estimate of drug-likeness (QED) is 0.198. The second-order valence-electron chi connectivity index (χ2n) is 11.2. The van der Waals surface area contributed by atoms with Crippen molar-refractivity contribution in [3.05, 3.63) is 158 Å². The number of pyridine rings is 1. The third-order valence-electron chi connectivity index (χ3n) is 8.54. The topological polar surface area (TPSA) is 29.3 Å². The first-order chi connectivity index (χ1) is 22.3. The fourth-order valence-electron chi connectivity index (χ4n) is 6.38. The summed E-state index contributed by atoms with van der Waals surface area (Å²) >= 11 is 1.85. The van der Waals surface area contributed by atoms with E-state index in [1.54, 1.807) is 0 Å². The summed E-state index contributed by atoms with van der Waals surface area (Å²) in [5, 5.41) is 3.59. The third kappa shape index (κ3) is 4.38. The van der Waals surface area contributed by atoms with Gasteiger partial charge in [-0.25, -0.2) is 0 Å². The lowest BCUT2D eigenvalue weighted by molar-refractivity contribution is 0.668. The van der Waals surface area contributed by atoms with Crippen molar-refractivity contribution in [2.75, 3.05) is 4.90 Å². The molecule has 212 valence electrons. The summed E-state index contributed by atoms with van der Waals surface area (Å²) in [6, 6.07) is 53.9. The molecule has 0 aliphatic rings. The lowest BCUT2D eigenvalue weighted by atomic mass is 10.0. The van der Waals surface area contributed by atoms with Gasteiger partial charge in [-0.15, -0.1) is 11.3 Å². The van der Waals surface area contributed by atoms with Crippen molar-refractivity contribution >= 4 is 70.6 Å². The van der Waals surface area contributed by atoms with Gasteiger partial charge in [0.15, 0.2) is 5.58 Å². The Labute approximate surface area is 264 Å². The molecule has 0 bridgehead atoms. The van der Waals surface area contributed by atoms with Crippen LogP contribution in [0.1, 0.15) is 0 Å². The van der Waals surface area contributed by atoms with Crippen LogP contribution in [0.3, 0.4) is 0 Å². The number of furan rings is 1. The summed E-state index contributed by atoms with van der Waals surface area (Å²) in [7, 11) is 0. The van der Waals surface area contributed by atoms with Gasteiger partial charge in [-0.1, -0.05) is 84.9 Å². The molecule has 0 saturated carbocycles. The van der Waals surface area contributed by atoms with Crippen LogP contribution in [0.5, 0.6) is 0 Å². The van der Waals surface area contributed by atoms with E-state index in [1.807, 2.05) is 35.7 Å². The van der Waals surface area contributed by atoms with E-state index in [2.05, 4.69) is 143 Å². The summed E-state index contributed by atoms with van der Waals surface area (Å²) in [5.74, 6) is 0. The standard InChI is InChI=1S/C41H26N2OS/c1-2-8-27(9-3-1)28-15-20-31(21-16-28)43(35-11-6-14-39-40(35)33-10-4-5-13-38(33)45-39)32-22-17-29(18-23-32)30-19-24-36-34(26-30)41-37(44-36)12-7-25-42-41/h1-26H. The number of anilines is 3. The molecule has 0 aliphatic heterocycles. The summed E-state index contributed by atoms with van der Waals surface area (Å²) < 4.78 is 8.60. The molecule has 0 aliphatic carbocycles. The van der Waals surface area contributed by atoms with Crippen LogP contribution in [0.2, 0.25) is 0 Å². The zero-order valence-electron chi connectivity index (χ0n) is 24.2. The predicted molar refractivity (Wildman–Crippen MR) is 190 cm³/mol. The minimum Gasteiger partial charge on any atom is -0.454 e. The van der Waals surface area contributed by atoms with Crippen LogP contribution >= 0.6 is 11.3 Å². The van der Waals surface area contributed by atoms with Crippen molar-refractivity contribution < 1.29 is 4.42 Å². The number of benzene rings is 6. The first kappa shape index (κ1) is 25.8. The minimum absolute atomic E-state index is 0.809. The molecule has 9 aromatic rings. The SMILES string of the molecule is c1ccc(-c2ccc(N(c3ccc(-c4ccc5oc6cccnc6c5c4)cc3)c3cccc4sc5ccccc5c34)cc2)cc1. The van der Waals surface area contributed by atoms with Gasteiger partial charge in [0, 0.05) is 43.1 Å². The Balaban J connectivity index is 1.18. The molecule has 3 aromatic heterocycles. The number of hydrogen-bond donors (Lipinski definition) is 0. The van der Waals surface area contributed by atoms with E-state index in [0.717, 1.165) is 44.6 Å². The molecule has 4 heteroatoms. The first-order valence-electron chi connectivity index (χ1n) is 15.0. The number of fused-ring (bicyclic) bond motifs is 6. The van der Waals surface area contributed by atoms with Gasteiger partial charge in [0.25, 0.3) is 0 Å². The highest BCUT2D eigenvalue weighted by molar-refractivity contribution is 7.26. The average Bonchev–Trinajstić information content (AvgIpc) is 3.68. The van der Waals surface area contributed by atoms with Crippen LogP contribution in [0.4, 0.5) is 17.1 Å². The molecule has 9 rings (SSSR count). The largest absolute Gasteiger partial charge is 0.454 e. The highest BCUT2D eigenvalue weighted by atomic mass is 32.1. The second-order valence-corrected chi connectivity index (χ2v) is 12.3. The Morgan fingerprint density at radius 3 is 1.96 bits per heavy atom. The van der Waals surface area contributed by atoms with Crippen molar-refractivity contribution in [2.45, 2.75) is 0 Å². The molecule has 3 heterocycles. The first-order valence-corrected chi connectivity index (χ1v) is 15.9. The van der Waals surface area contributed by atoms with E-state index in [1.165, 1.54) is 37.0 Å². The van der Waals surface area contributed by atoms with E-state index in [4.69, 9.17) is 4.42 Å². The van der Waals surface area contributed by atoms with Crippen LogP contribution in [0.15, 0.2) is 162 Å². The highest BCUT2D eigenvalue weighted by Crippen LogP contribution is 2.45. The summed E-state index contributed by atoms with van der Waals surface area (Å²) in [6.07, 6.45) is 1.82. The fourth-order valence-corrected chi connectivity index (χ4v) is 7.51. The van der Waals surface area contributed by atoms with Crippen molar-refractivity contribution in [1.82, 2.24) is 4.98 Å². The maximum Gasteiger partial charge on any atom is 0.153 e. The Hall–Kier alpha value is -5.71. The lowest BCUT2D eigenvalue weighted by Gasteiger charge is -2.27. The van der Waals surface area contributed by atoms with Gasteiger partial charge in [-0.3, -0.25) is 4.98 Å². The molecule has 6 aromatic carbocycles. The predicted octanol–water partition coefficient (Wildman–Crippen LogP) is 12.2. The van der Waals surface area contributed by atoms with E-state index in [0.29, 0.717) is 0 Å². The van der Waals surface area contributed by atoms with E-state index < -0.39 is 0 Å². The van der Waals surface area contributed by atoms with Crippen LogP contribution < -0.4 is 4.90 Å². The van der Waals surface area contributed by atoms with Gasteiger partial charge in [0.1, 0.15) is 11.1 Å².